The maximum atomic E-state index is 11.2. The minimum absolute atomic E-state index is 0.0200. The van der Waals surface area contributed by atoms with E-state index in [1.54, 1.807) is 0 Å². The van der Waals surface area contributed by atoms with E-state index in [2.05, 4.69) is 6.92 Å². The van der Waals surface area contributed by atoms with Crippen molar-refractivity contribution in [1.29, 1.82) is 0 Å². The first-order chi connectivity index (χ1) is 7.73. The van der Waals surface area contributed by atoms with Crippen LogP contribution in [0, 0.1) is 5.41 Å². The van der Waals surface area contributed by atoms with E-state index in [0.717, 1.165) is 25.9 Å². The zero-order valence-corrected chi connectivity index (χ0v) is 9.61. The topological polar surface area (TPSA) is 44.8 Å². The van der Waals surface area contributed by atoms with Gasteiger partial charge in [-0.3, -0.25) is 4.79 Å². The van der Waals surface area contributed by atoms with E-state index in [9.17, 15) is 4.79 Å². The zero-order valence-electron chi connectivity index (χ0n) is 9.61. The highest BCUT2D eigenvalue weighted by atomic mass is 16.6. The summed E-state index contributed by atoms with van der Waals surface area (Å²) in [6.45, 7) is 3.46. The molecular formula is C12H18O4. The monoisotopic (exact) mass is 226 g/mol. The van der Waals surface area contributed by atoms with E-state index in [0.29, 0.717) is 13.0 Å². The first-order valence-corrected chi connectivity index (χ1v) is 6.16. The van der Waals surface area contributed by atoms with E-state index >= 15 is 0 Å². The lowest BCUT2D eigenvalue weighted by Crippen LogP contribution is -2.38. The Labute approximate surface area is 95.2 Å². The molecule has 4 unspecified atom stereocenters. The van der Waals surface area contributed by atoms with E-state index in [1.165, 1.54) is 0 Å². The Balaban J connectivity index is 1.64. The summed E-state index contributed by atoms with van der Waals surface area (Å²) in [7, 11) is 0. The summed E-state index contributed by atoms with van der Waals surface area (Å²) in [6.07, 6.45) is 4.04. The van der Waals surface area contributed by atoms with Gasteiger partial charge in [0.1, 0.15) is 6.61 Å². The van der Waals surface area contributed by atoms with Gasteiger partial charge in [0.05, 0.1) is 24.7 Å². The fourth-order valence-corrected chi connectivity index (χ4v) is 3.22. The molecule has 16 heavy (non-hydrogen) atoms. The van der Waals surface area contributed by atoms with Crippen molar-refractivity contribution in [1.82, 2.24) is 0 Å². The van der Waals surface area contributed by atoms with Crippen molar-refractivity contribution in [2.75, 3.05) is 13.2 Å². The molecule has 4 heteroatoms. The molecule has 3 aliphatic rings. The molecule has 3 rings (SSSR count). The Kier molecular flexibility index (Phi) is 2.44. The Bertz CT molecular complexity index is 303. The first-order valence-electron chi connectivity index (χ1n) is 6.16. The molecule has 0 aromatic heterocycles. The van der Waals surface area contributed by atoms with Crippen LogP contribution in [0.1, 0.15) is 32.6 Å². The fourth-order valence-electron chi connectivity index (χ4n) is 3.22. The number of esters is 1. The van der Waals surface area contributed by atoms with Crippen LogP contribution in [-0.2, 0) is 19.0 Å². The second-order valence-corrected chi connectivity index (χ2v) is 5.21. The molecule has 3 fully saturated rings. The minimum atomic E-state index is -0.0674. The van der Waals surface area contributed by atoms with Gasteiger partial charge in [0.15, 0.2) is 0 Å². The number of cyclic esters (lactones) is 1. The minimum Gasteiger partial charge on any atom is -0.465 e. The molecule has 0 N–H and O–H groups in total. The lowest BCUT2D eigenvalue weighted by Gasteiger charge is -2.30. The molecule has 0 aromatic carbocycles. The van der Waals surface area contributed by atoms with Crippen molar-refractivity contribution in [2.24, 2.45) is 5.41 Å². The van der Waals surface area contributed by atoms with Crippen LogP contribution in [0.2, 0.25) is 0 Å². The van der Waals surface area contributed by atoms with Gasteiger partial charge in [-0.05, 0) is 12.8 Å². The third-order valence-corrected chi connectivity index (χ3v) is 4.04. The van der Waals surface area contributed by atoms with Crippen LogP contribution < -0.4 is 0 Å². The number of ether oxygens (including phenoxy) is 3. The Morgan fingerprint density at radius 3 is 3.00 bits per heavy atom. The molecule has 90 valence electrons. The van der Waals surface area contributed by atoms with Crippen LogP contribution in [0.4, 0.5) is 0 Å². The van der Waals surface area contributed by atoms with Crippen LogP contribution >= 0.6 is 0 Å². The van der Waals surface area contributed by atoms with Crippen molar-refractivity contribution in [3.8, 4) is 0 Å². The summed E-state index contributed by atoms with van der Waals surface area (Å²) in [5.74, 6) is -0.0674. The quantitative estimate of drug-likeness (QED) is 0.680. The SMILES string of the molecule is CCCOC1CC2OC1CC21COC(=O)C1. The van der Waals surface area contributed by atoms with E-state index in [-0.39, 0.29) is 29.7 Å². The third-order valence-electron chi connectivity index (χ3n) is 4.04. The van der Waals surface area contributed by atoms with Crippen molar-refractivity contribution >= 4 is 5.97 Å². The highest BCUT2D eigenvalue weighted by Crippen LogP contribution is 2.53. The molecule has 1 spiro atoms. The fraction of sp³-hybridized carbons (Fsp3) is 0.917. The number of carbonyl (C=O) groups excluding carboxylic acids is 1. The Morgan fingerprint density at radius 1 is 1.56 bits per heavy atom. The lowest BCUT2D eigenvalue weighted by molar-refractivity contribution is -0.137. The number of hydrogen-bond acceptors (Lipinski definition) is 4. The molecule has 2 bridgehead atoms. The molecular weight excluding hydrogens is 208 g/mol. The van der Waals surface area contributed by atoms with Crippen LogP contribution in [0.15, 0.2) is 0 Å². The molecule has 3 aliphatic heterocycles. The van der Waals surface area contributed by atoms with Gasteiger partial charge >= 0.3 is 5.97 Å². The predicted octanol–water partition coefficient (Wildman–Crippen LogP) is 1.28. The van der Waals surface area contributed by atoms with Gasteiger partial charge in [-0.2, -0.15) is 0 Å². The van der Waals surface area contributed by atoms with Gasteiger partial charge in [-0.1, -0.05) is 6.92 Å². The van der Waals surface area contributed by atoms with Crippen molar-refractivity contribution in [2.45, 2.75) is 50.9 Å². The van der Waals surface area contributed by atoms with Crippen LogP contribution in [-0.4, -0.2) is 37.5 Å². The third kappa shape index (κ3) is 1.47. The highest BCUT2D eigenvalue weighted by Gasteiger charge is 2.60. The zero-order chi connectivity index (χ0) is 11.2. The number of fused-ring (bicyclic) bond motifs is 3. The Hall–Kier alpha value is -0.610. The summed E-state index contributed by atoms with van der Waals surface area (Å²) in [4.78, 5) is 11.2. The van der Waals surface area contributed by atoms with Crippen LogP contribution in [0.25, 0.3) is 0 Å². The van der Waals surface area contributed by atoms with Gasteiger partial charge in [0.2, 0.25) is 0 Å². The highest BCUT2D eigenvalue weighted by molar-refractivity contribution is 5.72. The number of carbonyl (C=O) groups is 1. The molecule has 3 saturated heterocycles. The molecule has 0 aliphatic carbocycles. The summed E-state index contributed by atoms with van der Waals surface area (Å²) in [6, 6.07) is 0. The van der Waals surface area contributed by atoms with Crippen molar-refractivity contribution in [3.63, 3.8) is 0 Å². The second-order valence-electron chi connectivity index (χ2n) is 5.21. The van der Waals surface area contributed by atoms with E-state index < -0.39 is 0 Å². The van der Waals surface area contributed by atoms with Crippen LogP contribution in [0.5, 0.6) is 0 Å². The standard InChI is InChI=1S/C12H18O4/c1-2-3-14-8-4-10-12(5-9(8)16-10)6-11(13)15-7-12/h8-10H,2-7H2,1H3. The molecule has 0 saturated carbocycles. The summed E-state index contributed by atoms with van der Waals surface area (Å²) < 4.78 is 16.8. The van der Waals surface area contributed by atoms with Gasteiger partial charge < -0.3 is 14.2 Å². The van der Waals surface area contributed by atoms with Crippen molar-refractivity contribution in [3.05, 3.63) is 0 Å². The Morgan fingerprint density at radius 2 is 2.44 bits per heavy atom. The largest absolute Gasteiger partial charge is 0.465 e. The average molecular weight is 226 g/mol. The number of rotatable bonds is 3. The molecule has 0 aromatic rings. The smallest absolute Gasteiger partial charge is 0.306 e. The lowest BCUT2D eigenvalue weighted by atomic mass is 9.72. The van der Waals surface area contributed by atoms with E-state index in [1.807, 2.05) is 0 Å². The van der Waals surface area contributed by atoms with Crippen LogP contribution in [0.3, 0.4) is 0 Å². The van der Waals surface area contributed by atoms with E-state index in [4.69, 9.17) is 14.2 Å². The summed E-state index contributed by atoms with van der Waals surface area (Å²) >= 11 is 0. The van der Waals surface area contributed by atoms with Crippen molar-refractivity contribution < 1.29 is 19.0 Å². The van der Waals surface area contributed by atoms with Gasteiger partial charge in [0, 0.05) is 18.4 Å². The average Bonchev–Trinajstić information content (AvgIpc) is 2.91. The predicted molar refractivity (Wildman–Crippen MR) is 55.9 cm³/mol. The van der Waals surface area contributed by atoms with Gasteiger partial charge in [-0.25, -0.2) is 0 Å². The molecule has 0 amide bonds. The summed E-state index contributed by atoms with van der Waals surface area (Å²) in [5.41, 5.74) is -0.0200. The number of hydrogen-bond donors (Lipinski definition) is 0. The normalized spacial score (nSPS) is 45.6. The first kappa shape index (κ1) is 10.5. The maximum absolute atomic E-state index is 11.2. The molecule has 4 atom stereocenters. The van der Waals surface area contributed by atoms with Gasteiger partial charge in [-0.15, -0.1) is 0 Å². The summed E-state index contributed by atoms with van der Waals surface area (Å²) in [5, 5.41) is 0. The molecule has 4 nitrogen and oxygen atoms in total. The second kappa shape index (κ2) is 3.70. The molecule has 0 radical (unpaired) electrons. The molecule has 3 heterocycles. The maximum Gasteiger partial charge on any atom is 0.306 e. The van der Waals surface area contributed by atoms with Gasteiger partial charge in [0.25, 0.3) is 0 Å².